The van der Waals surface area contributed by atoms with Crippen LogP contribution in [0.3, 0.4) is 0 Å². The van der Waals surface area contributed by atoms with Crippen molar-refractivity contribution in [3.8, 4) is 11.5 Å². The molecule has 0 amide bonds. The SMILES string of the molecule is COc1ccc(OC)c(C(=O)c2cc(C)nnc2C)c1. The highest BCUT2D eigenvalue weighted by Gasteiger charge is 2.18. The molecule has 104 valence electrons. The number of hydrogen-bond acceptors (Lipinski definition) is 5. The van der Waals surface area contributed by atoms with Crippen LogP contribution < -0.4 is 9.47 Å². The van der Waals surface area contributed by atoms with Gasteiger partial charge in [0.2, 0.25) is 0 Å². The van der Waals surface area contributed by atoms with Crippen molar-refractivity contribution in [3.63, 3.8) is 0 Å². The lowest BCUT2D eigenvalue weighted by molar-refractivity contribution is 0.103. The molecule has 20 heavy (non-hydrogen) atoms. The van der Waals surface area contributed by atoms with E-state index in [0.717, 1.165) is 0 Å². The van der Waals surface area contributed by atoms with Gasteiger partial charge in [-0.15, -0.1) is 0 Å². The number of methoxy groups -OCH3 is 2. The number of nitrogens with zero attached hydrogens (tertiary/aromatic N) is 2. The molecule has 2 rings (SSSR count). The maximum atomic E-state index is 12.7. The lowest BCUT2D eigenvalue weighted by Gasteiger charge is -2.10. The quantitative estimate of drug-likeness (QED) is 0.799. The molecule has 0 N–H and O–H groups in total. The van der Waals surface area contributed by atoms with Crippen molar-refractivity contribution < 1.29 is 14.3 Å². The Labute approximate surface area is 117 Å². The van der Waals surface area contributed by atoms with E-state index in [-0.39, 0.29) is 5.78 Å². The van der Waals surface area contributed by atoms with Crippen molar-refractivity contribution >= 4 is 5.78 Å². The maximum absolute atomic E-state index is 12.7. The van der Waals surface area contributed by atoms with Gasteiger partial charge in [-0.25, -0.2) is 0 Å². The molecular weight excluding hydrogens is 256 g/mol. The van der Waals surface area contributed by atoms with Crippen LogP contribution in [0.25, 0.3) is 0 Å². The number of aromatic nitrogens is 2. The van der Waals surface area contributed by atoms with E-state index in [4.69, 9.17) is 9.47 Å². The minimum atomic E-state index is -0.156. The number of hydrogen-bond donors (Lipinski definition) is 0. The molecule has 0 aliphatic heterocycles. The first-order chi connectivity index (χ1) is 9.56. The standard InChI is InChI=1S/C15H16N2O3/c1-9-7-12(10(2)17-16-9)15(18)13-8-11(19-3)5-6-14(13)20-4/h5-8H,1-4H3. The summed E-state index contributed by atoms with van der Waals surface area (Å²) in [5, 5.41) is 7.91. The molecule has 0 atom stereocenters. The van der Waals surface area contributed by atoms with E-state index in [0.29, 0.717) is 34.0 Å². The lowest BCUT2D eigenvalue weighted by Crippen LogP contribution is -2.09. The van der Waals surface area contributed by atoms with Gasteiger partial charge in [-0.1, -0.05) is 0 Å². The normalized spacial score (nSPS) is 10.2. The molecule has 0 unspecified atom stereocenters. The molecule has 1 aromatic carbocycles. The van der Waals surface area contributed by atoms with Crippen molar-refractivity contribution in [2.24, 2.45) is 0 Å². The number of benzene rings is 1. The predicted octanol–water partition coefficient (Wildman–Crippen LogP) is 2.34. The van der Waals surface area contributed by atoms with Crippen molar-refractivity contribution in [2.45, 2.75) is 13.8 Å². The zero-order valence-corrected chi connectivity index (χ0v) is 11.9. The number of carbonyl (C=O) groups is 1. The molecule has 0 spiro atoms. The average molecular weight is 272 g/mol. The molecular formula is C15H16N2O3. The largest absolute Gasteiger partial charge is 0.497 e. The summed E-state index contributed by atoms with van der Waals surface area (Å²) in [5.74, 6) is 0.950. The van der Waals surface area contributed by atoms with Crippen molar-refractivity contribution in [2.75, 3.05) is 14.2 Å². The van der Waals surface area contributed by atoms with E-state index in [2.05, 4.69) is 10.2 Å². The van der Waals surface area contributed by atoms with Crippen molar-refractivity contribution in [1.82, 2.24) is 10.2 Å². The molecule has 0 bridgehead atoms. The fourth-order valence-electron chi connectivity index (χ4n) is 1.92. The summed E-state index contributed by atoms with van der Waals surface area (Å²) in [5.41, 5.74) is 2.25. The van der Waals surface area contributed by atoms with Gasteiger partial charge in [-0.05, 0) is 38.1 Å². The predicted molar refractivity (Wildman–Crippen MR) is 74.5 cm³/mol. The van der Waals surface area contributed by atoms with E-state index in [1.165, 1.54) is 7.11 Å². The van der Waals surface area contributed by atoms with Crippen molar-refractivity contribution in [3.05, 3.63) is 46.8 Å². The number of rotatable bonds is 4. The van der Waals surface area contributed by atoms with Gasteiger partial charge in [-0.2, -0.15) is 10.2 Å². The highest BCUT2D eigenvalue weighted by molar-refractivity contribution is 6.11. The van der Waals surface area contributed by atoms with E-state index < -0.39 is 0 Å². The molecule has 0 saturated carbocycles. The highest BCUT2D eigenvalue weighted by atomic mass is 16.5. The van der Waals surface area contributed by atoms with Crippen LogP contribution in [0.1, 0.15) is 27.3 Å². The Morgan fingerprint density at radius 2 is 1.75 bits per heavy atom. The highest BCUT2D eigenvalue weighted by Crippen LogP contribution is 2.27. The Balaban J connectivity index is 2.54. The van der Waals surface area contributed by atoms with Crippen LogP contribution in [0.4, 0.5) is 0 Å². The Hall–Kier alpha value is -2.43. The van der Waals surface area contributed by atoms with Crippen LogP contribution in [-0.2, 0) is 0 Å². The molecule has 0 radical (unpaired) electrons. The van der Waals surface area contributed by atoms with Crippen LogP contribution >= 0.6 is 0 Å². The fourth-order valence-corrected chi connectivity index (χ4v) is 1.92. The molecule has 5 nitrogen and oxygen atoms in total. The van der Waals surface area contributed by atoms with Gasteiger partial charge in [0.25, 0.3) is 0 Å². The number of carbonyl (C=O) groups excluding carboxylic acids is 1. The minimum absolute atomic E-state index is 0.156. The second-order valence-corrected chi connectivity index (χ2v) is 4.38. The van der Waals surface area contributed by atoms with E-state index >= 15 is 0 Å². The molecule has 2 aromatic rings. The summed E-state index contributed by atoms with van der Waals surface area (Å²) in [6, 6.07) is 6.85. The monoisotopic (exact) mass is 272 g/mol. The third-order valence-electron chi connectivity index (χ3n) is 3.00. The van der Waals surface area contributed by atoms with Gasteiger partial charge in [0.05, 0.1) is 31.2 Å². The Kier molecular flexibility index (Phi) is 3.98. The third-order valence-corrected chi connectivity index (χ3v) is 3.00. The van der Waals surface area contributed by atoms with Gasteiger partial charge in [0.15, 0.2) is 5.78 Å². The number of ketones is 1. The van der Waals surface area contributed by atoms with Gasteiger partial charge in [-0.3, -0.25) is 4.79 Å². The third kappa shape index (κ3) is 2.61. The molecule has 0 fully saturated rings. The number of aryl methyl sites for hydroxylation is 2. The van der Waals surface area contributed by atoms with Gasteiger partial charge in [0, 0.05) is 5.56 Å². The molecule has 1 aromatic heterocycles. The zero-order valence-electron chi connectivity index (χ0n) is 11.9. The number of ether oxygens (including phenoxy) is 2. The summed E-state index contributed by atoms with van der Waals surface area (Å²) < 4.78 is 10.4. The van der Waals surface area contributed by atoms with E-state index in [9.17, 15) is 4.79 Å². The Morgan fingerprint density at radius 1 is 1.00 bits per heavy atom. The van der Waals surface area contributed by atoms with Gasteiger partial charge < -0.3 is 9.47 Å². The second kappa shape index (κ2) is 5.69. The van der Waals surface area contributed by atoms with Crippen LogP contribution in [0.5, 0.6) is 11.5 Å². The van der Waals surface area contributed by atoms with E-state index in [1.807, 2.05) is 0 Å². The first-order valence-electron chi connectivity index (χ1n) is 6.14. The first kappa shape index (κ1) is 14.0. The second-order valence-electron chi connectivity index (χ2n) is 4.38. The maximum Gasteiger partial charge on any atom is 0.198 e. The summed E-state index contributed by atoms with van der Waals surface area (Å²) in [6.07, 6.45) is 0. The van der Waals surface area contributed by atoms with Gasteiger partial charge >= 0.3 is 0 Å². The summed E-state index contributed by atoms with van der Waals surface area (Å²) in [6.45, 7) is 3.55. The molecule has 0 saturated heterocycles. The molecule has 5 heteroatoms. The smallest absolute Gasteiger partial charge is 0.198 e. The average Bonchev–Trinajstić information content (AvgIpc) is 2.48. The summed E-state index contributed by atoms with van der Waals surface area (Å²) in [7, 11) is 3.08. The van der Waals surface area contributed by atoms with Crippen molar-refractivity contribution in [1.29, 1.82) is 0 Å². The summed E-state index contributed by atoms with van der Waals surface area (Å²) >= 11 is 0. The molecule has 0 aliphatic rings. The minimum Gasteiger partial charge on any atom is -0.497 e. The Morgan fingerprint density at radius 3 is 2.40 bits per heavy atom. The summed E-state index contributed by atoms with van der Waals surface area (Å²) in [4.78, 5) is 12.7. The zero-order chi connectivity index (χ0) is 14.7. The topological polar surface area (TPSA) is 61.3 Å². The molecule has 1 heterocycles. The van der Waals surface area contributed by atoms with Gasteiger partial charge in [0.1, 0.15) is 11.5 Å². The van der Waals surface area contributed by atoms with Crippen LogP contribution in [0.15, 0.2) is 24.3 Å². The van der Waals surface area contributed by atoms with E-state index in [1.54, 1.807) is 45.2 Å². The van der Waals surface area contributed by atoms with Crippen LogP contribution in [-0.4, -0.2) is 30.2 Å². The van der Waals surface area contributed by atoms with Crippen LogP contribution in [0, 0.1) is 13.8 Å². The molecule has 0 aliphatic carbocycles. The lowest BCUT2D eigenvalue weighted by atomic mass is 10.0. The first-order valence-corrected chi connectivity index (χ1v) is 6.14. The Bertz CT molecular complexity index is 654. The van der Waals surface area contributed by atoms with Crippen LogP contribution in [0.2, 0.25) is 0 Å². The fraction of sp³-hybridized carbons (Fsp3) is 0.267.